The van der Waals surface area contributed by atoms with Crippen molar-refractivity contribution in [2.45, 2.75) is 6.92 Å². The largest absolute Gasteiger partial charge is 0.380 e. The molecule has 0 aliphatic carbocycles. The van der Waals surface area contributed by atoms with Gasteiger partial charge in [0.2, 0.25) is 0 Å². The SMILES string of the molecule is CNS(=O)(=O)N1CCOCC(C)C1. The van der Waals surface area contributed by atoms with Crippen molar-refractivity contribution >= 4 is 10.2 Å². The van der Waals surface area contributed by atoms with Crippen molar-refractivity contribution in [1.82, 2.24) is 9.03 Å². The summed E-state index contributed by atoms with van der Waals surface area (Å²) in [5.41, 5.74) is 0. The molecule has 0 radical (unpaired) electrons. The lowest BCUT2D eigenvalue weighted by Gasteiger charge is -2.20. The molecule has 1 fully saturated rings. The maximum absolute atomic E-state index is 11.4. The zero-order chi connectivity index (χ0) is 9.90. The highest BCUT2D eigenvalue weighted by atomic mass is 32.2. The van der Waals surface area contributed by atoms with E-state index in [1.807, 2.05) is 6.92 Å². The highest BCUT2D eigenvalue weighted by Gasteiger charge is 2.24. The maximum Gasteiger partial charge on any atom is 0.279 e. The van der Waals surface area contributed by atoms with E-state index in [1.165, 1.54) is 11.4 Å². The Morgan fingerprint density at radius 1 is 1.54 bits per heavy atom. The van der Waals surface area contributed by atoms with E-state index in [9.17, 15) is 8.42 Å². The quantitative estimate of drug-likeness (QED) is 0.660. The third kappa shape index (κ3) is 2.91. The lowest BCUT2D eigenvalue weighted by molar-refractivity contribution is 0.127. The van der Waals surface area contributed by atoms with Crippen LogP contribution in [-0.4, -0.2) is 46.1 Å². The lowest BCUT2D eigenvalue weighted by atomic mass is 10.2. The van der Waals surface area contributed by atoms with Gasteiger partial charge in [0.05, 0.1) is 13.2 Å². The van der Waals surface area contributed by atoms with Crippen LogP contribution in [0.2, 0.25) is 0 Å². The zero-order valence-corrected chi connectivity index (χ0v) is 8.80. The van der Waals surface area contributed by atoms with E-state index in [-0.39, 0.29) is 5.92 Å². The molecule has 6 heteroatoms. The monoisotopic (exact) mass is 208 g/mol. The Bertz CT molecular complexity index is 252. The van der Waals surface area contributed by atoms with Crippen molar-refractivity contribution in [2.24, 2.45) is 5.92 Å². The Morgan fingerprint density at radius 2 is 2.23 bits per heavy atom. The van der Waals surface area contributed by atoms with Gasteiger partial charge in [0, 0.05) is 20.1 Å². The minimum atomic E-state index is -3.27. The molecule has 0 bridgehead atoms. The van der Waals surface area contributed by atoms with Crippen LogP contribution in [0.4, 0.5) is 0 Å². The summed E-state index contributed by atoms with van der Waals surface area (Å²) >= 11 is 0. The van der Waals surface area contributed by atoms with Crippen LogP contribution in [0.3, 0.4) is 0 Å². The van der Waals surface area contributed by atoms with E-state index in [4.69, 9.17) is 4.74 Å². The summed E-state index contributed by atoms with van der Waals surface area (Å²) in [6, 6.07) is 0. The third-order valence-corrected chi connectivity index (χ3v) is 3.53. The topological polar surface area (TPSA) is 58.6 Å². The average molecular weight is 208 g/mol. The highest BCUT2D eigenvalue weighted by molar-refractivity contribution is 7.87. The third-order valence-electron chi connectivity index (χ3n) is 2.00. The van der Waals surface area contributed by atoms with Crippen LogP contribution in [-0.2, 0) is 14.9 Å². The van der Waals surface area contributed by atoms with E-state index in [0.717, 1.165) is 0 Å². The molecule has 0 aromatic rings. The van der Waals surface area contributed by atoms with Gasteiger partial charge in [-0.2, -0.15) is 12.7 Å². The Morgan fingerprint density at radius 3 is 2.85 bits per heavy atom. The fourth-order valence-corrected chi connectivity index (χ4v) is 2.31. The van der Waals surface area contributed by atoms with Crippen molar-refractivity contribution in [1.29, 1.82) is 0 Å². The number of rotatable bonds is 2. The summed E-state index contributed by atoms with van der Waals surface area (Å²) in [5, 5.41) is 0. The standard InChI is InChI=1S/C7H16N2O3S/c1-7-5-9(3-4-12-6-7)13(10,11)8-2/h7-8H,3-6H2,1-2H3. The van der Waals surface area contributed by atoms with Crippen LogP contribution in [0.15, 0.2) is 0 Å². The highest BCUT2D eigenvalue weighted by Crippen LogP contribution is 2.08. The molecule has 0 aromatic heterocycles. The van der Waals surface area contributed by atoms with Crippen LogP contribution in [0, 0.1) is 5.92 Å². The van der Waals surface area contributed by atoms with Crippen molar-refractivity contribution in [3.8, 4) is 0 Å². The van der Waals surface area contributed by atoms with Crippen molar-refractivity contribution in [3.05, 3.63) is 0 Å². The molecule has 0 aromatic carbocycles. The Labute approximate surface area is 79.2 Å². The first-order chi connectivity index (χ1) is 6.06. The second-order valence-electron chi connectivity index (χ2n) is 3.25. The van der Waals surface area contributed by atoms with Gasteiger partial charge >= 0.3 is 0 Å². The summed E-state index contributed by atoms with van der Waals surface area (Å²) in [6.07, 6.45) is 0. The maximum atomic E-state index is 11.4. The molecule has 5 nitrogen and oxygen atoms in total. The van der Waals surface area contributed by atoms with Crippen LogP contribution in [0.1, 0.15) is 6.92 Å². The molecular formula is C7H16N2O3S. The number of hydrogen-bond donors (Lipinski definition) is 1. The first-order valence-electron chi connectivity index (χ1n) is 4.32. The minimum Gasteiger partial charge on any atom is -0.380 e. The lowest BCUT2D eigenvalue weighted by Crippen LogP contribution is -2.41. The summed E-state index contributed by atoms with van der Waals surface area (Å²) in [6.45, 7) is 4.06. The average Bonchev–Trinajstić information content (AvgIpc) is 2.30. The molecule has 1 N–H and O–H groups in total. The molecular weight excluding hydrogens is 192 g/mol. The van der Waals surface area contributed by atoms with Gasteiger partial charge in [-0.3, -0.25) is 0 Å². The summed E-state index contributed by atoms with van der Waals surface area (Å²) in [7, 11) is -1.85. The van der Waals surface area contributed by atoms with Gasteiger partial charge in [-0.05, 0) is 5.92 Å². The van der Waals surface area contributed by atoms with Crippen LogP contribution < -0.4 is 4.72 Å². The molecule has 1 atom stereocenters. The number of ether oxygens (including phenoxy) is 1. The van der Waals surface area contributed by atoms with E-state index >= 15 is 0 Å². The van der Waals surface area contributed by atoms with E-state index in [0.29, 0.717) is 26.3 Å². The van der Waals surface area contributed by atoms with Gasteiger partial charge in [-0.25, -0.2) is 4.72 Å². The molecule has 13 heavy (non-hydrogen) atoms. The zero-order valence-electron chi connectivity index (χ0n) is 7.99. The van der Waals surface area contributed by atoms with Crippen LogP contribution in [0.5, 0.6) is 0 Å². The van der Waals surface area contributed by atoms with Gasteiger partial charge < -0.3 is 4.74 Å². The smallest absolute Gasteiger partial charge is 0.279 e. The van der Waals surface area contributed by atoms with Crippen molar-refractivity contribution in [2.75, 3.05) is 33.4 Å². The Balaban J connectivity index is 2.68. The summed E-state index contributed by atoms with van der Waals surface area (Å²) < 4.78 is 31.8. The first kappa shape index (κ1) is 10.9. The molecule has 0 spiro atoms. The number of nitrogens with one attached hydrogen (secondary N) is 1. The molecule has 1 unspecified atom stereocenters. The molecule has 1 rings (SSSR count). The molecule has 78 valence electrons. The molecule has 1 aliphatic rings. The van der Waals surface area contributed by atoms with E-state index in [2.05, 4.69) is 4.72 Å². The van der Waals surface area contributed by atoms with Crippen LogP contribution >= 0.6 is 0 Å². The molecule has 0 saturated carbocycles. The van der Waals surface area contributed by atoms with Crippen molar-refractivity contribution < 1.29 is 13.2 Å². The van der Waals surface area contributed by atoms with Gasteiger partial charge in [0.1, 0.15) is 0 Å². The van der Waals surface area contributed by atoms with Crippen molar-refractivity contribution in [3.63, 3.8) is 0 Å². The normalized spacial score (nSPS) is 27.1. The Hall–Kier alpha value is -0.170. The van der Waals surface area contributed by atoms with Gasteiger partial charge in [0.15, 0.2) is 0 Å². The van der Waals surface area contributed by atoms with E-state index < -0.39 is 10.2 Å². The summed E-state index contributed by atoms with van der Waals surface area (Å²) in [4.78, 5) is 0. The second-order valence-corrected chi connectivity index (χ2v) is 5.12. The van der Waals surface area contributed by atoms with Gasteiger partial charge in [-0.15, -0.1) is 0 Å². The molecule has 0 amide bonds. The number of nitrogens with zero attached hydrogens (tertiary/aromatic N) is 1. The number of hydrogen-bond acceptors (Lipinski definition) is 3. The summed E-state index contributed by atoms with van der Waals surface area (Å²) in [5.74, 6) is 0.255. The minimum absolute atomic E-state index is 0.255. The predicted octanol–water partition coefficient (Wildman–Crippen LogP) is -0.581. The van der Waals surface area contributed by atoms with Crippen LogP contribution in [0.25, 0.3) is 0 Å². The first-order valence-corrected chi connectivity index (χ1v) is 5.76. The molecule has 1 saturated heterocycles. The fraction of sp³-hybridized carbons (Fsp3) is 1.00. The van der Waals surface area contributed by atoms with E-state index in [1.54, 1.807) is 0 Å². The molecule has 1 heterocycles. The molecule has 1 aliphatic heterocycles. The second kappa shape index (κ2) is 4.36. The predicted molar refractivity (Wildman–Crippen MR) is 49.5 cm³/mol. The fourth-order valence-electron chi connectivity index (χ4n) is 1.29. The Kier molecular flexibility index (Phi) is 3.66. The van der Waals surface area contributed by atoms with Gasteiger partial charge in [0.25, 0.3) is 10.2 Å². The van der Waals surface area contributed by atoms with Gasteiger partial charge in [-0.1, -0.05) is 6.92 Å².